The number of nitrogens with one attached hydrogen (secondary N) is 2. The lowest BCUT2D eigenvalue weighted by atomic mass is 10.2. The summed E-state index contributed by atoms with van der Waals surface area (Å²) in [6, 6.07) is 6.21. The summed E-state index contributed by atoms with van der Waals surface area (Å²) in [7, 11) is 3.25. The molecule has 0 aliphatic heterocycles. The van der Waals surface area contributed by atoms with Crippen LogP contribution in [0.2, 0.25) is 0 Å². The van der Waals surface area contributed by atoms with E-state index >= 15 is 0 Å². The SMILES string of the molecule is COc1cccc(CNCCC(=O)NC2CC2)c1OC. The quantitative estimate of drug-likeness (QED) is 0.707. The summed E-state index contributed by atoms with van der Waals surface area (Å²) in [5, 5.41) is 6.23. The number of benzene rings is 1. The molecule has 1 aliphatic carbocycles. The lowest BCUT2D eigenvalue weighted by Gasteiger charge is -2.13. The van der Waals surface area contributed by atoms with Gasteiger partial charge in [0.25, 0.3) is 0 Å². The van der Waals surface area contributed by atoms with Crippen LogP contribution in [0.1, 0.15) is 24.8 Å². The highest BCUT2D eigenvalue weighted by Gasteiger charge is 2.22. The second-order valence-electron chi connectivity index (χ2n) is 4.92. The minimum atomic E-state index is 0.123. The highest BCUT2D eigenvalue weighted by molar-refractivity contribution is 5.76. The zero-order valence-electron chi connectivity index (χ0n) is 12.1. The Morgan fingerprint density at radius 3 is 2.75 bits per heavy atom. The molecule has 1 amide bonds. The molecule has 0 saturated heterocycles. The highest BCUT2D eigenvalue weighted by Crippen LogP contribution is 2.30. The van der Waals surface area contributed by atoms with Crippen LogP contribution in [0.25, 0.3) is 0 Å². The monoisotopic (exact) mass is 278 g/mol. The zero-order chi connectivity index (χ0) is 14.4. The fourth-order valence-corrected chi connectivity index (χ4v) is 2.05. The molecule has 0 heterocycles. The third kappa shape index (κ3) is 4.13. The maximum atomic E-state index is 11.5. The van der Waals surface area contributed by atoms with Gasteiger partial charge in [-0.15, -0.1) is 0 Å². The van der Waals surface area contributed by atoms with E-state index < -0.39 is 0 Å². The first-order valence-corrected chi connectivity index (χ1v) is 6.94. The predicted molar refractivity (Wildman–Crippen MR) is 77.0 cm³/mol. The number of carbonyl (C=O) groups is 1. The third-order valence-electron chi connectivity index (χ3n) is 3.27. The molecule has 0 radical (unpaired) electrons. The molecule has 1 aromatic carbocycles. The number of rotatable bonds is 8. The molecule has 20 heavy (non-hydrogen) atoms. The third-order valence-corrected chi connectivity index (χ3v) is 3.27. The summed E-state index contributed by atoms with van der Waals surface area (Å²) in [4.78, 5) is 11.5. The average molecular weight is 278 g/mol. The molecule has 5 heteroatoms. The van der Waals surface area contributed by atoms with Crippen molar-refractivity contribution in [3.05, 3.63) is 23.8 Å². The van der Waals surface area contributed by atoms with Gasteiger partial charge in [-0.25, -0.2) is 0 Å². The summed E-state index contributed by atoms with van der Waals surface area (Å²) in [6.07, 6.45) is 2.75. The summed E-state index contributed by atoms with van der Waals surface area (Å²) in [5.41, 5.74) is 1.02. The van der Waals surface area contributed by atoms with Crippen LogP contribution in [0.4, 0.5) is 0 Å². The van der Waals surface area contributed by atoms with Crippen molar-refractivity contribution in [2.75, 3.05) is 20.8 Å². The standard InChI is InChI=1S/C15H22N2O3/c1-19-13-5-3-4-11(15(13)20-2)10-16-9-8-14(18)17-12-6-7-12/h3-5,12,16H,6-10H2,1-2H3,(H,17,18). The van der Waals surface area contributed by atoms with Crippen molar-refractivity contribution >= 4 is 5.91 Å². The van der Waals surface area contributed by atoms with Crippen LogP contribution in [0, 0.1) is 0 Å². The molecule has 2 N–H and O–H groups in total. The van der Waals surface area contributed by atoms with Gasteiger partial charge in [0.15, 0.2) is 11.5 Å². The van der Waals surface area contributed by atoms with Crippen molar-refractivity contribution < 1.29 is 14.3 Å². The van der Waals surface area contributed by atoms with Crippen LogP contribution in [0.3, 0.4) is 0 Å². The fourth-order valence-electron chi connectivity index (χ4n) is 2.05. The van der Waals surface area contributed by atoms with Gasteiger partial charge < -0.3 is 20.1 Å². The number of carbonyl (C=O) groups excluding carboxylic acids is 1. The number of amides is 1. The minimum Gasteiger partial charge on any atom is -0.493 e. The molecule has 1 saturated carbocycles. The van der Waals surface area contributed by atoms with Gasteiger partial charge in [-0.2, -0.15) is 0 Å². The molecule has 1 fully saturated rings. The fraction of sp³-hybridized carbons (Fsp3) is 0.533. The number of hydrogen-bond donors (Lipinski definition) is 2. The molecule has 0 atom stereocenters. The van der Waals surface area contributed by atoms with Gasteiger partial charge in [0.05, 0.1) is 14.2 Å². The van der Waals surface area contributed by atoms with Crippen molar-refractivity contribution in [2.45, 2.75) is 31.8 Å². The maximum Gasteiger partial charge on any atom is 0.221 e. The van der Waals surface area contributed by atoms with Crippen LogP contribution < -0.4 is 20.1 Å². The molecular formula is C15H22N2O3. The summed E-state index contributed by atoms with van der Waals surface area (Å²) in [6.45, 7) is 1.30. The van der Waals surface area contributed by atoms with Gasteiger partial charge in [0, 0.05) is 31.1 Å². The highest BCUT2D eigenvalue weighted by atomic mass is 16.5. The molecule has 0 unspecified atom stereocenters. The van der Waals surface area contributed by atoms with Crippen molar-refractivity contribution in [1.29, 1.82) is 0 Å². The smallest absolute Gasteiger partial charge is 0.221 e. The molecular weight excluding hydrogens is 256 g/mol. The largest absolute Gasteiger partial charge is 0.493 e. The molecule has 1 aliphatic rings. The van der Waals surface area contributed by atoms with E-state index in [4.69, 9.17) is 9.47 Å². The maximum absolute atomic E-state index is 11.5. The van der Waals surface area contributed by atoms with Crippen LogP contribution in [-0.2, 0) is 11.3 Å². The van der Waals surface area contributed by atoms with E-state index in [1.54, 1.807) is 14.2 Å². The Hall–Kier alpha value is -1.75. The van der Waals surface area contributed by atoms with Crippen molar-refractivity contribution in [3.63, 3.8) is 0 Å². The Kier molecular flexibility index (Phi) is 5.24. The van der Waals surface area contributed by atoms with E-state index in [9.17, 15) is 4.79 Å². The second kappa shape index (κ2) is 7.14. The summed E-state index contributed by atoms with van der Waals surface area (Å²) in [5.74, 6) is 1.58. The van der Waals surface area contributed by atoms with Gasteiger partial charge in [-0.1, -0.05) is 12.1 Å². The van der Waals surface area contributed by atoms with Gasteiger partial charge in [0.2, 0.25) is 5.91 Å². The molecule has 110 valence electrons. The molecule has 0 spiro atoms. The lowest BCUT2D eigenvalue weighted by molar-refractivity contribution is -0.121. The zero-order valence-corrected chi connectivity index (χ0v) is 12.1. The molecule has 1 aromatic rings. The molecule has 0 bridgehead atoms. The Bertz CT molecular complexity index is 458. The molecule has 5 nitrogen and oxygen atoms in total. The van der Waals surface area contributed by atoms with Crippen LogP contribution in [0.5, 0.6) is 11.5 Å². The predicted octanol–water partition coefficient (Wildman–Crippen LogP) is 1.46. The Morgan fingerprint density at radius 1 is 1.30 bits per heavy atom. The van der Waals surface area contributed by atoms with E-state index in [0.29, 0.717) is 25.6 Å². The minimum absolute atomic E-state index is 0.123. The van der Waals surface area contributed by atoms with E-state index in [1.807, 2.05) is 18.2 Å². The van der Waals surface area contributed by atoms with Crippen molar-refractivity contribution in [1.82, 2.24) is 10.6 Å². The first-order valence-electron chi connectivity index (χ1n) is 6.94. The van der Waals surface area contributed by atoms with Gasteiger partial charge >= 0.3 is 0 Å². The second-order valence-corrected chi connectivity index (χ2v) is 4.92. The van der Waals surface area contributed by atoms with E-state index in [1.165, 1.54) is 0 Å². The number of hydrogen-bond acceptors (Lipinski definition) is 4. The van der Waals surface area contributed by atoms with Crippen molar-refractivity contribution in [2.24, 2.45) is 0 Å². The van der Waals surface area contributed by atoms with E-state index in [0.717, 1.165) is 29.9 Å². The number of ether oxygens (including phenoxy) is 2. The number of para-hydroxylation sites is 1. The van der Waals surface area contributed by atoms with E-state index in [-0.39, 0.29) is 5.91 Å². The summed E-state index contributed by atoms with van der Waals surface area (Å²) >= 11 is 0. The average Bonchev–Trinajstić information content (AvgIpc) is 3.26. The first kappa shape index (κ1) is 14.7. The Labute approximate surface area is 119 Å². The van der Waals surface area contributed by atoms with Crippen LogP contribution in [0.15, 0.2) is 18.2 Å². The van der Waals surface area contributed by atoms with Gasteiger partial charge in [-0.3, -0.25) is 4.79 Å². The normalized spacial score (nSPS) is 13.9. The number of methoxy groups -OCH3 is 2. The Morgan fingerprint density at radius 2 is 2.10 bits per heavy atom. The summed E-state index contributed by atoms with van der Waals surface area (Å²) < 4.78 is 10.6. The van der Waals surface area contributed by atoms with Crippen molar-refractivity contribution in [3.8, 4) is 11.5 Å². The van der Waals surface area contributed by atoms with E-state index in [2.05, 4.69) is 10.6 Å². The molecule has 0 aromatic heterocycles. The van der Waals surface area contributed by atoms with Crippen LogP contribution >= 0.6 is 0 Å². The van der Waals surface area contributed by atoms with Crippen LogP contribution in [-0.4, -0.2) is 32.7 Å². The lowest BCUT2D eigenvalue weighted by Crippen LogP contribution is -2.29. The first-order chi connectivity index (χ1) is 9.74. The van der Waals surface area contributed by atoms with Gasteiger partial charge in [0.1, 0.15) is 0 Å². The Balaban J connectivity index is 1.76. The van der Waals surface area contributed by atoms with Gasteiger partial charge in [-0.05, 0) is 18.9 Å². The topological polar surface area (TPSA) is 59.6 Å². The molecule has 2 rings (SSSR count).